The number of aryl methyl sites for hydroxylation is 2. The lowest BCUT2D eigenvalue weighted by molar-refractivity contribution is 0.131. The van der Waals surface area contributed by atoms with Crippen molar-refractivity contribution in [2.75, 3.05) is 25.1 Å². The maximum atomic E-state index is 9.19. The van der Waals surface area contributed by atoms with Gasteiger partial charge in [-0.05, 0) is 43.7 Å². The van der Waals surface area contributed by atoms with Crippen LogP contribution in [0.1, 0.15) is 49.4 Å². The lowest BCUT2D eigenvalue weighted by Crippen LogP contribution is -2.09. The van der Waals surface area contributed by atoms with E-state index in [1.807, 2.05) is 6.07 Å². The summed E-state index contributed by atoms with van der Waals surface area (Å²) in [5, 5.41) is 12.5. The highest BCUT2D eigenvalue weighted by atomic mass is 16.5. The molecule has 0 fully saturated rings. The third kappa shape index (κ3) is 3.94. The molecule has 2 rings (SSSR count). The molecule has 0 aromatic carbocycles. The van der Waals surface area contributed by atoms with Crippen LogP contribution in [0.2, 0.25) is 0 Å². The van der Waals surface area contributed by atoms with E-state index in [4.69, 9.17) is 4.74 Å². The molecule has 0 unspecified atom stereocenters. The van der Waals surface area contributed by atoms with E-state index in [0.717, 1.165) is 63.4 Å². The number of hydrogen-bond donors (Lipinski definition) is 1. The minimum absolute atomic E-state index is 0.664. The van der Waals surface area contributed by atoms with Crippen molar-refractivity contribution >= 4 is 5.82 Å². The first-order valence-electron chi connectivity index (χ1n) is 7.59. The number of rotatable bonds is 8. The van der Waals surface area contributed by atoms with Gasteiger partial charge >= 0.3 is 0 Å². The summed E-state index contributed by atoms with van der Waals surface area (Å²) in [5.41, 5.74) is 3.07. The molecule has 0 spiro atoms. The fourth-order valence-electron chi connectivity index (χ4n) is 2.42. The van der Waals surface area contributed by atoms with Gasteiger partial charge in [-0.25, -0.2) is 4.98 Å². The van der Waals surface area contributed by atoms with E-state index in [1.54, 1.807) is 0 Å². The number of nitriles is 1. The number of nitrogens with one attached hydrogen (secondary N) is 1. The average molecular weight is 273 g/mol. The minimum atomic E-state index is 0.664. The predicted octanol–water partition coefficient (Wildman–Crippen LogP) is 3.06. The van der Waals surface area contributed by atoms with Crippen LogP contribution in [0.4, 0.5) is 5.82 Å². The van der Waals surface area contributed by atoms with Crippen molar-refractivity contribution in [3.05, 3.63) is 22.9 Å². The zero-order valence-corrected chi connectivity index (χ0v) is 12.2. The standard InChI is InChI=1S/C16H23N3O/c1-2-3-9-20-10-5-8-18-16-14(12-17)11-13-6-4-7-15(13)19-16/h11H,2-10H2,1H3,(H,18,19). The molecule has 0 bridgehead atoms. The Morgan fingerprint density at radius 1 is 1.35 bits per heavy atom. The van der Waals surface area contributed by atoms with E-state index in [2.05, 4.69) is 23.3 Å². The molecule has 1 aromatic rings. The SMILES string of the molecule is CCCCOCCCNc1nc2c(cc1C#N)CCC2. The number of aromatic nitrogens is 1. The van der Waals surface area contributed by atoms with E-state index in [9.17, 15) is 5.26 Å². The van der Waals surface area contributed by atoms with Gasteiger partial charge in [0.15, 0.2) is 0 Å². The molecule has 0 saturated carbocycles. The highest BCUT2D eigenvalue weighted by Gasteiger charge is 2.15. The van der Waals surface area contributed by atoms with Crippen LogP contribution in [0.3, 0.4) is 0 Å². The summed E-state index contributed by atoms with van der Waals surface area (Å²) in [6, 6.07) is 4.23. The Labute approximate surface area is 121 Å². The van der Waals surface area contributed by atoms with Gasteiger partial charge in [0.25, 0.3) is 0 Å². The molecule has 0 amide bonds. The third-order valence-corrected chi connectivity index (χ3v) is 3.57. The number of anilines is 1. The molecule has 0 atom stereocenters. The number of pyridine rings is 1. The van der Waals surface area contributed by atoms with Crippen molar-refractivity contribution in [1.29, 1.82) is 5.26 Å². The van der Waals surface area contributed by atoms with Crippen molar-refractivity contribution < 1.29 is 4.74 Å². The fraction of sp³-hybridized carbons (Fsp3) is 0.625. The summed E-state index contributed by atoms with van der Waals surface area (Å²) in [5.74, 6) is 0.738. The quantitative estimate of drug-likeness (QED) is 0.740. The molecule has 0 saturated heterocycles. The first kappa shape index (κ1) is 14.8. The minimum Gasteiger partial charge on any atom is -0.381 e. The summed E-state index contributed by atoms with van der Waals surface area (Å²) in [6.07, 6.45) is 6.48. The van der Waals surface area contributed by atoms with E-state index < -0.39 is 0 Å². The monoisotopic (exact) mass is 273 g/mol. The van der Waals surface area contributed by atoms with Crippen LogP contribution in [-0.4, -0.2) is 24.7 Å². The summed E-state index contributed by atoms with van der Waals surface area (Å²) in [4.78, 5) is 4.60. The Hall–Kier alpha value is -1.60. The van der Waals surface area contributed by atoms with Crippen LogP contribution in [0.15, 0.2) is 6.07 Å². The molecule has 4 heteroatoms. The lowest BCUT2D eigenvalue weighted by atomic mass is 10.1. The van der Waals surface area contributed by atoms with Crippen LogP contribution >= 0.6 is 0 Å². The molecule has 1 aromatic heterocycles. The Balaban J connectivity index is 1.79. The molecule has 0 radical (unpaired) electrons. The van der Waals surface area contributed by atoms with Gasteiger partial charge in [-0.3, -0.25) is 0 Å². The molecule has 20 heavy (non-hydrogen) atoms. The van der Waals surface area contributed by atoms with E-state index >= 15 is 0 Å². The van der Waals surface area contributed by atoms with E-state index in [1.165, 1.54) is 12.0 Å². The van der Waals surface area contributed by atoms with Crippen LogP contribution in [-0.2, 0) is 17.6 Å². The summed E-state index contributed by atoms with van der Waals surface area (Å²) < 4.78 is 5.52. The Morgan fingerprint density at radius 3 is 3.00 bits per heavy atom. The maximum absolute atomic E-state index is 9.19. The molecule has 1 aliphatic carbocycles. The van der Waals surface area contributed by atoms with Crippen molar-refractivity contribution in [2.24, 2.45) is 0 Å². The molecule has 108 valence electrons. The number of ether oxygens (including phenoxy) is 1. The molecular formula is C16H23N3O. The number of nitrogens with zero attached hydrogens (tertiary/aromatic N) is 2. The smallest absolute Gasteiger partial charge is 0.144 e. The zero-order chi connectivity index (χ0) is 14.2. The van der Waals surface area contributed by atoms with E-state index in [-0.39, 0.29) is 0 Å². The second-order valence-electron chi connectivity index (χ2n) is 5.20. The van der Waals surface area contributed by atoms with Crippen molar-refractivity contribution in [3.63, 3.8) is 0 Å². The fourth-order valence-corrected chi connectivity index (χ4v) is 2.42. The van der Waals surface area contributed by atoms with Gasteiger partial charge in [0.2, 0.25) is 0 Å². The average Bonchev–Trinajstić information content (AvgIpc) is 2.92. The van der Waals surface area contributed by atoms with Crippen molar-refractivity contribution in [1.82, 2.24) is 4.98 Å². The molecule has 1 N–H and O–H groups in total. The Bertz CT molecular complexity index is 479. The highest BCUT2D eigenvalue weighted by molar-refractivity contribution is 5.55. The summed E-state index contributed by atoms with van der Waals surface area (Å²) in [6.45, 7) is 4.57. The molecular weight excluding hydrogens is 250 g/mol. The normalized spacial score (nSPS) is 13.0. The van der Waals surface area contributed by atoms with Gasteiger partial charge in [0, 0.05) is 25.5 Å². The first-order valence-corrected chi connectivity index (χ1v) is 7.59. The number of fused-ring (bicyclic) bond motifs is 1. The Morgan fingerprint density at radius 2 is 2.20 bits per heavy atom. The predicted molar refractivity (Wildman–Crippen MR) is 79.8 cm³/mol. The molecule has 0 aliphatic heterocycles. The van der Waals surface area contributed by atoms with E-state index in [0.29, 0.717) is 5.56 Å². The highest BCUT2D eigenvalue weighted by Crippen LogP contribution is 2.24. The largest absolute Gasteiger partial charge is 0.381 e. The Kier molecular flexibility index (Phi) is 5.82. The second-order valence-corrected chi connectivity index (χ2v) is 5.20. The van der Waals surface area contributed by atoms with Crippen LogP contribution in [0.5, 0.6) is 0 Å². The van der Waals surface area contributed by atoms with Crippen molar-refractivity contribution in [2.45, 2.75) is 45.4 Å². The number of unbranched alkanes of at least 4 members (excludes halogenated alkanes) is 1. The second kappa shape index (κ2) is 7.86. The summed E-state index contributed by atoms with van der Waals surface area (Å²) in [7, 11) is 0. The third-order valence-electron chi connectivity index (χ3n) is 3.57. The molecule has 1 heterocycles. The van der Waals surface area contributed by atoms with Crippen LogP contribution < -0.4 is 5.32 Å². The van der Waals surface area contributed by atoms with Crippen LogP contribution in [0.25, 0.3) is 0 Å². The van der Waals surface area contributed by atoms with Crippen LogP contribution in [0, 0.1) is 11.3 Å². The molecule has 4 nitrogen and oxygen atoms in total. The topological polar surface area (TPSA) is 57.9 Å². The van der Waals surface area contributed by atoms with Gasteiger partial charge in [0.1, 0.15) is 11.9 Å². The van der Waals surface area contributed by atoms with Gasteiger partial charge < -0.3 is 10.1 Å². The summed E-state index contributed by atoms with van der Waals surface area (Å²) >= 11 is 0. The van der Waals surface area contributed by atoms with Gasteiger partial charge in [-0.1, -0.05) is 13.3 Å². The van der Waals surface area contributed by atoms with Gasteiger partial charge in [-0.15, -0.1) is 0 Å². The maximum Gasteiger partial charge on any atom is 0.144 e. The number of hydrogen-bond acceptors (Lipinski definition) is 4. The first-order chi connectivity index (χ1) is 9.85. The zero-order valence-electron chi connectivity index (χ0n) is 12.2. The van der Waals surface area contributed by atoms with Gasteiger partial charge in [-0.2, -0.15) is 5.26 Å². The lowest BCUT2D eigenvalue weighted by Gasteiger charge is -2.10. The molecule has 1 aliphatic rings. The van der Waals surface area contributed by atoms with Gasteiger partial charge in [0.05, 0.1) is 5.56 Å². The van der Waals surface area contributed by atoms with Crippen molar-refractivity contribution in [3.8, 4) is 6.07 Å².